The Kier molecular flexibility index (Phi) is 5.51. The van der Waals surface area contributed by atoms with E-state index in [1.807, 2.05) is 24.3 Å². The molecule has 0 spiro atoms. The third-order valence-electron chi connectivity index (χ3n) is 4.82. The second kappa shape index (κ2) is 7.79. The van der Waals surface area contributed by atoms with E-state index in [0.29, 0.717) is 11.5 Å². The third kappa shape index (κ3) is 4.45. The van der Waals surface area contributed by atoms with E-state index in [0.717, 1.165) is 51.4 Å². The van der Waals surface area contributed by atoms with Gasteiger partial charge < -0.3 is 19.7 Å². The minimum absolute atomic E-state index is 0.00953. The van der Waals surface area contributed by atoms with Crippen LogP contribution in [0.5, 0.6) is 5.75 Å². The molecule has 0 unspecified atom stereocenters. The van der Waals surface area contributed by atoms with E-state index in [2.05, 4.69) is 10.2 Å². The van der Waals surface area contributed by atoms with Gasteiger partial charge in [0, 0.05) is 37.8 Å². The van der Waals surface area contributed by atoms with E-state index in [1.165, 1.54) is 6.42 Å². The maximum absolute atomic E-state index is 12.3. The number of benzene rings is 1. The molecule has 1 atom stereocenters. The van der Waals surface area contributed by atoms with Crippen molar-refractivity contribution < 1.29 is 14.3 Å². The van der Waals surface area contributed by atoms with Crippen molar-refractivity contribution >= 4 is 5.91 Å². The first-order chi connectivity index (χ1) is 11.2. The van der Waals surface area contributed by atoms with Crippen molar-refractivity contribution in [3.8, 4) is 5.75 Å². The fourth-order valence-corrected chi connectivity index (χ4v) is 3.36. The van der Waals surface area contributed by atoms with Gasteiger partial charge in [-0.2, -0.15) is 0 Å². The summed E-state index contributed by atoms with van der Waals surface area (Å²) in [5.74, 6) is 1.47. The number of ether oxygens (including phenoxy) is 2. The molecular formula is C18H26N2O3. The largest absolute Gasteiger partial charge is 0.497 e. The number of nitrogens with one attached hydrogen (secondary N) is 1. The molecule has 0 saturated carbocycles. The highest BCUT2D eigenvalue weighted by Gasteiger charge is 2.24. The van der Waals surface area contributed by atoms with Crippen LogP contribution < -0.4 is 10.1 Å². The average molecular weight is 318 g/mol. The summed E-state index contributed by atoms with van der Waals surface area (Å²) in [5, 5.41) is 3.16. The number of carbonyl (C=O) groups is 1. The van der Waals surface area contributed by atoms with Crippen molar-refractivity contribution in [2.24, 2.45) is 5.92 Å². The SMILES string of the molecule is COc1ccc(C(=O)NC2CCN(C[C@H]3CCOC3)CC2)cc1. The zero-order chi connectivity index (χ0) is 16.1. The summed E-state index contributed by atoms with van der Waals surface area (Å²) in [7, 11) is 1.63. The van der Waals surface area contributed by atoms with Crippen molar-refractivity contribution in [1.29, 1.82) is 0 Å². The highest BCUT2D eigenvalue weighted by molar-refractivity contribution is 5.94. The number of carbonyl (C=O) groups excluding carboxylic acids is 1. The van der Waals surface area contributed by atoms with Crippen LogP contribution in [-0.2, 0) is 4.74 Å². The summed E-state index contributed by atoms with van der Waals surface area (Å²) in [4.78, 5) is 14.8. The second-order valence-electron chi connectivity index (χ2n) is 6.51. The molecule has 2 fully saturated rings. The highest BCUT2D eigenvalue weighted by Crippen LogP contribution is 2.18. The molecule has 3 rings (SSSR count). The van der Waals surface area contributed by atoms with Crippen LogP contribution in [0.15, 0.2) is 24.3 Å². The van der Waals surface area contributed by atoms with Crippen molar-refractivity contribution in [2.45, 2.75) is 25.3 Å². The molecule has 5 nitrogen and oxygen atoms in total. The predicted molar refractivity (Wildman–Crippen MR) is 88.8 cm³/mol. The van der Waals surface area contributed by atoms with Crippen LogP contribution in [-0.4, -0.2) is 56.8 Å². The van der Waals surface area contributed by atoms with Gasteiger partial charge >= 0.3 is 0 Å². The van der Waals surface area contributed by atoms with Crippen molar-refractivity contribution in [1.82, 2.24) is 10.2 Å². The first kappa shape index (κ1) is 16.3. The number of nitrogens with zero attached hydrogens (tertiary/aromatic N) is 1. The summed E-state index contributed by atoms with van der Waals surface area (Å²) < 4.78 is 10.6. The van der Waals surface area contributed by atoms with E-state index >= 15 is 0 Å². The van der Waals surface area contributed by atoms with Gasteiger partial charge in [-0.3, -0.25) is 4.79 Å². The Balaban J connectivity index is 1.43. The number of methoxy groups -OCH3 is 1. The Morgan fingerprint density at radius 3 is 2.61 bits per heavy atom. The first-order valence-corrected chi connectivity index (χ1v) is 8.49. The average Bonchev–Trinajstić information content (AvgIpc) is 3.10. The van der Waals surface area contributed by atoms with Gasteiger partial charge in [0.15, 0.2) is 0 Å². The molecule has 1 aromatic carbocycles. The predicted octanol–water partition coefficient (Wildman–Crippen LogP) is 1.93. The summed E-state index contributed by atoms with van der Waals surface area (Å²) in [6.07, 6.45) is 3.24. The first-order valence-electron chi connectivity index (χ1n) is 8.49. The molecule has 5 heteroatoms. The fraction of sp³-hybridized carbons (Fsp3) is 0.611. The maximum atomic E-state index is 12.3. The number of likely N-dealkylation sites (tertiary alicyclic amines) is 1. The molecule has 2 heterocycles. The van der Waals surface area contributed by atoms with Crippen LogP contribution in [0.4, 0.5) is 0 Å². The Labute approximate surface area is 137 Å². The lowest BCUT2D eigenvalue weighted by atomic mass is 10.0. The normalized spacial score (nSPS) is 22.9. The van der Waals surface area contributed by atoms with Crippen LogP contribution >= 0.6 is 0 Å². The van der Waals surface area contributed by atoms with Gasteiger partial charge in [-0.05, 0) is 49.4 Å². The van der Waals surface area contributed by atoms with Gasteiger partial charge in [-0.15, -0.1) is 0 Å². The number of amides is 1. The van der Waals surface area contributed by atoms with E-state index in [1.54, 1.807) is 7.11 Å². The van der Waals surface area contributed by atoms with Gasteiger partial charge in [0.2, 0.25) is 0 Å². The lowest BCUT2D eigenvalue weighted by Gasteiger charge is -2.33. The monoisotopic (exact) mass is 318 g/mol. The van der Waals surface area contributed by atoms with Gasteiger partial charge in [-0.1, -0.05) is 0 Å². The molecule has 1 amide bonds. The van der Waals surface area contributed by atoms with Crippen LogP contribution in [0.2, 0.25) is 0 Å². The molecule has 126 valence electrons. The minimum atomic E-state index is 0.00953. The molecule has 2 aliphatic rings. The van der Waals surface area contributed by atoms with E-state index in [9.17, 15) is 4.79 Å². The van der Waals surface area contributed by atoms with Crippen LogP contribution in [0.3, 0.4) is 0 Å². The zero-order valence-corrected chi connectivity index (χ0v) is 13.8. The van der Waals surface area contributed by atoms with E-state index in [-0.39, 0.29) is 11.9 Å². The molecule has 1 N–H and O–H groups in total. The lowest BCUT2D eigenvalue weighted by molar-refractivity contribution is 0.0903. The zero-order valence-electron chi connectivity index (χ0n) is 13.8. The Hall–Kier alpha value is -1.59. The standard InChI is InChI=1S/C18H26N2O3/c1-22-17-4-2-15(3-5-17)18(21)19-16-6-9-20(10-7-16)12-14-8-11-23-13-14/h2-5,14,16H,6-13H2,1H3,(H,19,21)/t14-/m1/s1. The quantitative estimate of drug-likeness (QED) is 0.901. The molecule has 2 saturated heterocycles. The summed E-state index contributed by atoms with van der Waals surface area (Å²) in [6, 6.07) is 7.54. The Morgan fingerprint density at radius 2 is 2.00 bits per heavy atom. The second-order valence-corrected chi connectivity index (χ2v) is 6.51. The topological polar surface area (TPSA) is 50.8 Å². The van der Waals surface area contributed by atoms with Crippen molar-refractivity contribution in [2.75, 3.05) is 40.0 Å². The van der Waals surface area contributed by atoms with Crippen LogP contribution in [0.25, 0.3) is 0 Å². The molecule has 0 aromatic heterocycles. The molecular weight excluding hydrogens is 292 g/mol. The Bertz CT molecular complexity index is 504. The van der Waals surface area contributed by atoms with Crippen LogP contribution in [0, 0.1) is 5.92 Å². The summed E-state index contributed by atoms with van der Waals surface area (Å²) in [5.41, 5.74) is 0.691. The molecule has 0 radical (unpaired) electrons. The third-order valence-corrected chi connectivity index (χ3v) is 4.82. The lowest BCUT2D eigenvalue weighted by Crippen LogP contribution is -2.45. The summed E-state index contributed by atoms with van der Waals surface area (Å²) >= 11 is 0. The molecule has 0 aliphatic carbocycles. The number of rotatable bonds is 5. The summed E-state index contributed by atoms with van der Waals surface area (Å²) in [6.45, 7) is 5.08. The molecule has 23 heavy (non-hydrogen) atoms. The van der Waals surface area contributed by atoms with E-state index in [4.69, 9.17) is 9.47 Å². The van der Waals surface area contributed by atoms with Gasteiger partial charge in [0.25, 0.3) is 5.91 Å². The number of hydrogen-bond acceptors (Lipinski definition) is 4. The van der Waals surface area contributed by atoms with Gasteiger partial charge in [0.05, 0.1) is 13.7 Å². The van der Waals surface area contributed by atoms with Gasteiger partial charge in [-0.25, -0.2) is 0 Å². The Morgan fingerprint density at radius 1 is 1.26 bits per heavy atom. The van der Waals surface area contributed by atoms with Crippen LogP contribution in [0.1, 0.15) is 29.6 Å². The molecule has 0 bridgehead atoms. The van der Waals surface area contributed by atoms with Crippen molar-refractivity contribution in [3.63, 3.8) is 0 Å². The smallest absolute Gasteiger partial charge is 0.251 e. The molecule has 1 aromatic rings. The van der Waals surface area contributed by atoms with Gasteiger partial charge in [0.1, 0.15) is 5.75 Å². The van der Waals surface area contributed by atoms with Crippen molar-refractivity contribution in [3.05, 3.63) is 29.8 Å². The number of piperidine rings is 1. The minimum Gasteiger partial charge on any atom is -0.497 e. The highest BCUT2D eigenvalue weighted by atomic mass is 16.5. The fourth-order valence-electron chi connectivity index (χ4n) is 3.36. The molecule has 2 aliphatic heterocycles. The maximum Gasteiger partial charge on any atom is 0.251 e. The number of hydrogen-bond donors (Lipinski definition) is 1. The van der Waals surface area contributed by atoms with E-state index < -0.39 is 0 Å².